The Morgan fingerprint density at radius 2 is 1.85 bits per heavy atom. The maximum absolute atomic E-state index is 8.92. The number of methoxy groups -OCH3 is 1. The van der Waals surface area contributed by atoms with Crippen LogP contribution in [-0.4, -0.2) is 67.9 Å². The number of aliphatic hydroxyl groups is 1. The summed E-state index contributed by atoms with van der Waals surface area (Å²) in [5.41, 5.74) is 1.12. The zero-order chi connectivity index (χ0) is 14.2. The number of hydrogen-bond donors (Lipinski definition) is 1. The van der Waals surface area contributed by atoms with Gasteiger partial charge >= 0.3 is 0 Å². The lowest BCUT2D eigenvalue weighted by atomic mass is 10.2. The zero-order valence-electron chi connectivity index (χ0n) is 12.2. The molecule has 1 N–H and O–H groups in total. The Morgan fingerprint density at radius 3 is 2.55 bits per heavy atom. The van der Waals surface area contributed by atoms with Crippen LogP contribution >= 0.6 is 0 Å². The van der Waals surface area contributed by atoms with Crippen LogP contribution in [0.2, 0.25) is 0 Å². The molecule has 0 bridgehead atoms. The third-order valence-electron chi connectivity index (χ3n) is 3.68. The summed E-state index contributed by atoms with van der Waals surface area (Å²) < 4.78 is 5.33. The van der Waals surface area contributed by atoms with E-state index in [9.17, 15) is 0 Å². The second-order valence-electron chi connectivity index (χ2n) is 5.01. The topological polar surface area (TPSA) is 35.9 Å². The van der Waals surface area contributed by atoms with Crippen molar-refractivity contribution < 1.29 is 9.84 Å². The van der Waals surface area contributed by atoms with Gasteiger partial charge in [0.1, 0.15) is 5.75 Å². The standard InChI is InChI=1S/C16H24N2O2/c1-20-16-7-3-2-5-15(16)6-4-8-17-9-11-18(12-10-17)13-14-19/h2-7,19H,8-14H2,1H3. The van der Waals surface area contributed by atoms with Gasteiger partial charge in [0.25, 0.3) is 0 Å². The van der Waals surface area contributed by atoms with Gasteiger partial charge in [0.05, 0.1) is 13.7 Å². The molecule has 1 aliphatic rings. The normalized spacial score (nSPS) is 17.7. The summed E-state index contributed by atoms with van der Waals surface area (Å²) in [7, 11) is 1.70. The molecule has 20 heavy (non-hydrogen) atoms. The lowest BCUT2D eigenvalue weighted by Gasteiger charge is -2.33. The second kappa shape index (κ2) is 8.04. The molecule has 0 aromatic heterocycles. The minimum absolute atomic E-state index is 0.258. The van der Waals surface area contributed by atoms with Crippen molar-refractivity contribution in [1.82, 2.24) is 9.80 Å². The molecule has 1 aromatic rings. The van der Waals surface area contributed by atoms with Crippen LogP contribution in [0.1, 0.15) is 5.56 Å². The van der Waals surface area contributed by atoms with E-state index in [1.54, 1.807) is 7.11 Å². The van der Waals surface area contributed by atoms with E-state index in [1.165, 1.54) is 0 Å². The van der Waals surface area contributed by atoms with Crippen LogP contribution in [0.15, 0.2) is 30.3 Å². The molecule has 1 saturated heterocycles. The molecule has 0 unspecified atom stereocenters. The van der Waals surface area contributed by atoms with Gasteiger partial charge in [-0.2, -0.15) is 0 Å². The van der Waals surface area contributed by atoms with Crippen LogP contribution in [0.4, 0.5) is 0 Å². The molecule has 1 heterocycles. The van der Waals surface area contributed by atoms with Crippen molar-refractivity contribution in [2.45, 2.75) is 0 Å². The highest BCUT2D eigenvalue weighted by Gasteiger charge is 2.14. The van der Waals surface area contributed by atoms with Gasteiger partial charge < -0.3 is 9.84 Å². The fourth-order valence-electron chi connectivity index (χ4n) is 2.47. The molecule has 0 amide bonds. The first-order chi connectivity index (χ1) is 9.83. The van der Waals surface area contributed by atoms with Gasteiger partial charge in [0.2, 0.25) is 0 Å². The van der Waals surface area contributed by atoms with Crippen LogP contribution in [-0.2, 0) is 0 Å². The molecule has 1 fully saturated rings. The van der Waals surface area contributed by atoms with Gasteiger partial charge in [-0.05, 0) is 6.07 Å². The fourth-order valence-corrected chi connectivity index (χ4v) is 2.47. The van der Waals surface area contributed by atoms with Crippen molar-refractivity contribution in [3.05, 3.63) is 35.9 Å². The molecule has 2 rings (SSSR count). The number of benzene rings is 1. The Morgan fingerprint density at radius 1 is 1.15 bits per heavy atom. The largest absolute Gasteiger partial charge is 0.496 e. The van der Waals surface area contributed by atoms with Gasteiger partial charge in [-0.3, -0.25) is 9.80 Å². The first-order valence-corrected chi connectivity index (χ1v) is 7.18. The molecule has 0 saturated carbocycles. The third-order valence-corrected chi connectivity index (χ3v) is 3.68. The minimum atomic E-state index is 0.258. The molecule has 0 radical (unpaired) electrons. The van der Waals surface area contributed by atoms with Gasteiger partial charge in [0.15, 0.2) is 0 Å². The summed E-state index contributed by atoms with van der Waals surface area (Å²) in [5.74, 6) is 0.913. The Balaban J connectivity index is 1.79. The number of ether oxygens (including phenoxy) is 1. The highest BCUT2D eigenvalue weighted by molar-refractivity contribution is 5.57. The molecule has 0 spiro atoms. The van der Waals surface area contributed by atoms with Crippen LogP contribution in [0.5, 0.6) is 5.75 Å². The number of nitrogens with zero attached hydrogens (tertiary/aromatic N) is 2. The number of β-amino-alcohol motifs (C(OH)–C–C–N with tert-alkyl or cyclic N) is 1. The van der Waals surface area contributed by atoms with Crippen molar-refractivity contribution in [2.24, 2.45) is 0 Å². The number of piperazine rings is 1. The molecule has 4 heteroatoms. The van der Waals surface area contributed by atoms with E-state index >= 15 is 0 Å². The second-order valence-corrected chi connectivity index (χ2v) is 5.01. The van der Waals surface area contributed by atoms with Crippen molar-refractivity contribution >= 4 is 6.08 Å². The van der Waals surface area contributed by atoms with E-state index in [0.717, 1.165) is 50.6 Å². The van der Waals surface area contributed by atoms with E-state index in [4.69, 9.17) is 9.84 Å². The maximum Gasteiger partial charge on any atom is 0.126 e. The SMILES string of the molecule is COc1ccccc1C=CCN1CCN(CCO)CC1. The van der Waals surface area contributed by atoms with Crippen molar-refractivity contribution in [1.29, 1.82) is 0 Å². The van der Waals surface area contributed by atoms with Crippen LogP contribution < -0.4 is 4.74 Å². The average Bonchev–Trinajstić information content (AvgIpc) is 2.50. The number of rotatable bonds is 6. The Bertz CT molecular complexity index is 426. The Hall–Kier alpha value is -1.36. The highest BCUT2D eigenvalue weighted by atomic mass is 16.5. The molecule has 0 atom stereocenters. The third kappa shape index (κ3) is 4.34. The van der Waals surface area contributed by atoms with Crippen molar-refractivity contribution in [3.63, 3.8) is 0 Å². The van der Waals surface area contributed by atoms with E-state index in [1.807, 2.05) is 18.2 Å². The van der Waals surface area contributed by atoms with Crippen LogP contribution in [0.25, 0.3) is 6.08 Å². The number of para-hydroxylation sites is 1. The summed E-state index contributed by atoms with van der Waals surface area (Å²) in [5, 5.41) is 8.92. The van der Waals surface area contributed by atoms with E-state index in [2.05, 4.69) is 28.0 Å². The maximum atomic E-state index is 8.92. The zero-order valence-corrected chi connectivity index (χ0v) is 12.2. The van der Waals surface area contributed by atoms with E-state index in [-0.39, 0.29) is 6.61 Å². The highest BCUT2D eigenvalue weighted by Crippen LogP contribution is 2.18. The first-order valence-electron chi connectivity index (χ1n) is 7.18. The van der Waals surface area contributed by atoms with Gasteiger partial charge in [-0.15, -0.1) is 0 Å². The monoisotopic (exact) mass is 276 g/mol. The van der Waals surface area contributed by atoms with Gasteiger partial charge in [-0.1, -0.05) is 30.4 Å². The predicted octanol–water partition coefficient (Wildman–Crippen LogP) is 1.32. The fraction of sp³-hybridized carbons (Fsp3) is 0.500. The predicted molar refractivity (Wildman–Crippen MR) is 82.0 cm³/mol. The number of hydrogen-bond acceptors (Lipinski definition) is 4. The molecular formula is C16H24N2O2. The summed E-state index contributed by atoms with van der Waals surface area (Å²) in [6.07, 6.45) is 4.32. The molecule has 110 valence electrons. The summed E-state index contributed by atoms with van der Waals surface area (Å²) in [4.78, 5) is 4.74. The lowest BCUT2D eigenvalue weighted by Crippen LogP contribution is -2.47. The van der Waals surface area contributed by atoms with Gasteiger partial charge in [-0.25, -0.2) is 0 Å². The van der Waals surface area contributed by atoms with Crippen molar-refractivity contribution in [2.75, 3.05) is 53.0 Å². The van der Waals surface area contributed by atoms with E-state index < -0.39 is 0 Å². The summed E-state index contributed by atoms with van der Waals surface area (Å²) in [6, 6.07) is 8.05. The molecule has 1 aromatic carbocycles. The van der Waals surface area contributed by atoms with Crippen molar-refractivity contribution in [3.8, 4) is 5.75 Å². The first kappa shape index (κ1) is 15.0. The minimum Gasteiger partial charge on any atom is -0.496 e. The quantitative estimate of drug-likeness (QED) is 0.850. The Kier molecular flexibility index (Phi) is 6.05. The smallest absolute Gasteiger partial charge is 0.126 e. The Labute approximate surface area is 121 Å². The lowest BCUT2D eigenvalue weighted by molar-refractivity contribution is 0.120. The summed E-state index contributed by atoms with van der Waals surface area (Å²) in [6.45, 7) is 6.24. The molecular weight excluding hydrogens is 252 g/mol. The van der Waals surface area contributed by atoms with Crippen LogP contribution in [0, 0.1) is 0 Å². The number of aliphatic hydroxyl groups excluding tert-OH is 1. The molecule has 1 aliphatic heterocycles. The molecule has 0 aliphatic carbocycles. The van der Waals surface area contributed by atoms with Gasteiger partial charge in [0, 0.05) is 44.8 Å². The van der Waals surface area contributed by atoms with E-state index in [0.29, 0.717) is 0 Å². The molecule has 4 nitrogen and oxygen atoms in total. The van der Waals surface area contributed by atoms with Crippen LogP contribution in [0.3, 0.4) is 0 Å². The average molecular weight is 276 g/mol. The summed E-state index contributed by atoms with van der Waals surface area (Å²) >= 11 is 0.